The number of unbranched alkanes of at least 4 members (excludes halogenated alkanes) is 1. The fourth-order valence-electron chi connectivity index (χ4n) is 2.12. The van der Waals surface area contributed by atoms with E-state index in [9.17, 15) is 0 Å². The molecule has 0 aliphatic heterocycles. The molecule has 0 saturated heterocycles. The summed E-state index contributed by atoms with van der Waals surface area (Å²) in [6.07, 6.45) is 5.81. The molecule has 0 amide bonds. The van der Waals surface area contributed by atoms with Crippen LogP contribution in [0.3, 0.4) is 0 Å². The van der Waals surface area contributed by atoms with E-state index in [1.165, 1.54) is 24.4 Å². The van der Waals surface area contributed by atoms with Gasteiger partial charge in [-0.1, -0.05) is 62.0 Å². The molecule has 1 heteroatoms. The van der Waals surface area contributed by atoms with Gasteiger partial charge in [0.1, 0.15) is 8.07 Å². The van der Waals surface area contributed by atoms with Gasteiger partial charge in [0.05, 0.1) is 0 Å². The fourth-order valence-corrected chi connectivity index (χ4v) is 4.80. The lowest BCUT2D eigenvalue weighted by Gasteiger charge is -2.25. The monoisotopic (exact) mass is 244 g/mol. The van der Waals surface area contributed by atoms with Crippen molar-refractivity contribution >= 4 is 13.3 Å². The molecular weight excluding hydrogens is 220 g/mol. The minimum absolute atomic E-state index is 1.20. The predicted molar refractivity (Wildman–Crippen MR) is 80.4 cm³/mol. The maximum Gasteiger partial charge on any atom is 0.116 e. The van der Waals surface area contributed by atoms with Crippen molar-refractivity contribution in [2.75, 3.05) is 0 Å². The third-order valence-electron chi connectivity index (χ3n) is 3.35. The fraction of sp³-hybridized carbons (Fsp3) is 0.438. The van der Waals surface area contributed by atoms with Crippen molar-refractivity contribution in [1.82, 2.24) is 0 Å². The van der Waals surface area contributed by atoms with Crippen LogP contribution in [0.15, 0.2) is 47.3 Å². The van der Waals surface area contributed by atoms with Gasteiger partial charge in [-0.2, -0.15) is 0 Å². The number of rotatable bonds is 5. The number of hydrogen-bond donors (Lipinski definition) is 0. The highest BCUT2D eigenvalue weighted by molar-refractivity contribution is 6.95. The zero-order valence-electron chi connectivity index (χ0n) is 11.6. The van der Waals surface area contributed by atoms with Crippen LogP contribution in [0.5, 0.6) is 0 Å². The molecule has 0 N–H and O–H groups in total. The average molecular weight is 244 g/mol. The van der Waals surface area contributed by atoms with Gasteiger partial charge in [0, 0.05) is 0 Å². The minimum Gasteiger partial charge on any atom is -0.130 e. The van der Waals surface area contributed by atoms with Crippen molar-refractivity contribution in [2.24, 2.45) is 0 Å². The lowest BCUT2D eigenvalue weighted by Crippen LogP contribution is -2.43. The van der Waals surface area contributed by atoms with E-state index >= 15 is 0 Å². The molecular formula is C16H24Si. The van der Waals surface area contributed by atoms with Crippen molar-refractivity contribution in [2.45, 2.75) is 46.2 Å². The van der Waals surface area contributed by atoms with Crippen LogP contribution in [-0.2, 0) is 0 Å². The van der Waals surface area contributed by atoms with Gasteiger partial charge < -0.3 is 0 Å². The summed E-state index contributed by atoms with van der Waals surface area (Å²) in [4.78, 5) is 0. The normalized spacial score (nSPS) is 10.8. The third-order valence-corrected chi connectivity index (χ3v) is 7.03. The van der Waals surface area contributed by atoms with Crippen molar-refractivity contribution < 1.29 is 0 Å². The van der Waals surface area contributed by atoms with E-state index in [0.717, 1.165) is 0 Å². The molecule has 0 saturated carbocycles. The molecule has 92 valence electrons. The molecule has 0 unspecified atom stereocenters. The smallest absolute Gasteiger partial charge is 0.116 e. The molecule has 0 heterocycles. The molecule has 0 aliphatic rings. The first-order chi connectivity index (χ1) is 8.12. The number of allylic oxidation sites excluding steroid dienone is 1. The Morgan fingerprint density at radius 1 is 1.24 bits per heavy atom. The van der Waals surface area contributed by atoms with Gasteiger partial charge in [-0.25, -0.2) is 0 Å². The Morgan fingerprint density at radius 3 is 2.41 bits per heavy atom. The van der Waals surface area contributed by atoms with Gasteiger partial charge >= 0.3 is 0 Å². The Bertz CT molecular complexity index is 395. The second-order valence-electron chi connectivity index (χ2n) is 5.01. The Balaban J connectivity index is 3.05. The largest absolute Gasteiger partial charge is 0.130 e. The second-order valence-corrected chi connectivity index (χ2v) is 9.44. The van der Waals surface area contributed by atoms with Gasteiger partial charge in [0.2, 0.25) is 0 Å². The zero-order chi connectivity index (χ0) is 12.7. The van der Waals surface area contributed by atoms with Crippen LogP contribution in [0.4, 0.5) is 0 Å². The van der Waals surface area contributed by atoms with Crippen molar-refractivity contribution in [3.63, 3.8) is 0 Å². The third kappa shape index (κ3) is 3.73. The van der Waals surface area contributed by atoms with E-state index in [1.807, 2.05) is 0 Å². The Kier molecular flexibility index (Phi) is 5.47. The van der Waals surface area contributed by atoms with Gasteiger partial charge in [-0.05, 0) is 31.0 Å². The van der Waals surface area contributed by atoms with Gasteiger partial charge in [0.15, 0.2) is 0 Å². The number of benzene rings is 1. The SMILES string of the molecule is CC=C=C(CCCC)[Si](C)(C)c1ccccc1. The van der Waals surface area contributed by atoms with Gasteiger partial charge in [0.25, 0.3) is 0 Å². The maximum atomic E-state index is 3.51. The minimum atomic E-state index is -1.49. The molecule has 0 fully saturated rings. The lowest BCUT2D eigenvalue weighted by atomic mass is 10.2. The van der Waals surface area contributed by atoms with E-state index in [-0.39, 0.29) is 0 Å². The van der Waals surface area contributed by atoms with Crippen LogP contribution in [0.1, 0.15) is 33.1 Å². The summed E-state index contributed by atoms with van der Waals surface area (Å²) < 4.78 is 0. The molecule has 0 nitrogen and oxygen atoms in total. The summed E-state index contributed by atoms with van der Waals surface area (Å²) >= 11 is 0. The van der Waals surface area contributed by atoms with Crippen LogP contribution in [0.2, 0.25) is 13.1 Å². The molecule has 17 heavy (non-hydrogen) atoms. The molecule has 0 aliphatic carbocycles. The Labute approximate surface area is 107 Å². The van der Waals surface area contributed by atoms with Crippen molar-refractivity contribution in [3.8, 4) is 0 Å². The number of hydrogen-bond acceptors (Lipinski definition) is 0. The van der Waals surface area contributed by atoms with E-state index in [2.05, 4.69) is 69.1 Å². The standard InChI is InChI=1S/C16H24Si/c1-5-7-12-15(11-6-2)17(3,4)16-13-9-8-10-14-16/h6,8-10,13-14H,5,7,12H2,1-4H3. The van der Waals surface area contributed by atoms with Crippen LogP contribution in [-0.4, -0.2) is 8.07 Å². The van der Waals surface area contributed by atoms with Crippen LogP contribution in [0, 0.1) is 0 Å². The molecule has 0 bridgehead atoms. The van der Waals surface area contributed by atoms with Crippen LogP contribution < -0.4 is 5.19 Å². The molecule has 1 rings (SSSR count). The second kappa shape index (κ2) is 6.63. The first-order valence-electron chi connectivity index (χ1n) is 6.59. The molecule has 1 aromatic carbocycles. The maximum absolute atomic E-state index is 3.51. The van der Waals surface area contributed by atoms with E-state index in [4.69, 9.17) is 0 Å². The summed E-state index contributed by atoms with van der Waals surface area (Å²) in [7, 11) is -1.49. The quantitative estimate of drug-likeness (QED) is 0.531. The Morgan fingerprint density at radius 2 is 1.88 bits per heavy atom. The first kappa shape index (κ1) is 14.0. The lowest BCUT2D eigenvalue weighted by molar-refractivity contribution is 0.804. The van der Waals surface area contributed by atoms with Crippen LogP contribution in [0.25, 0.3) is 0 Å². The van der Waals surface area contributed by atoms with E-state index < -0.39 is 8.07 Å². The molecule has 0 atom stereocenters. The van der Waals surface area contributed by atoms with Gasteiger partial charge in [-0.3, -0.25) is 0 Å². The van der Waals surface area contributed by atoms with E-state index in [1.54, 1.807) is 5.20 Å². The Hall–Kier alpha value is -1.04. The zero-order valence-corrected chi connectivity index (χ0v) is 12.6. The highest BCUT2D eigenvalue weighted by atomic mass is 28.3. The highest BCUT2D eigenvalue weighted by Gasteiger charge is 2.27. The summed E-state index contributed by atoms with van der Waals surface area (Å²) in [5, 5.41) is 3.06. The average Bonchev–Trinajstić information content (AvgIpc) is 2.35. The van der Waals surface area contributed by atoms with Crippen molar-refractivity contribution in [1.29, 1.82) is 0 Å². The molecule has 0 radical (unpaired) electrons. The molecule has 1 aromatic rings. The summed E-state index contributed by atoms with van der Waals surface area (Å²) in [6.45, 7) is 9.19. The summed E-state index contributed by atoms with van der Waals surface area (Å²) in [6, 6.07) is 10.9. The van der Waals surface area contributed by atoms with Gasteiger partial charge in [-0.15, -0.1) is 5.73 Å². The summed E-state index contributed by atoms with van der Waals surface area (Å²) in [5.74, 6) is 0. The molecule has 0 spiro atoms. The highest BCUT2D eigenvalue weighted by Crippen LogP contribution is 2.19. The topological polar surface area (TPSA) is 0 Å². The van der Waals surface area contributed by atoms with Crippen LogP contribution >= 0.6 is 0 Å². The summed E-state index contributed by atoms with van der Waals surface area (Å²) in [5.41, 5.74) is 3.51. The first-order valence-corrected chi connectivity index (χ1v) is 9.59. The predicted octanol–water partition coefficient (Wildman–Crippen LogP) is 4.43. The van der Waals surface area contributed by atoms with Crippen molar-refractivity contribution in [3.05, 3.63) is 47.3 Å². The molecule has 0 aromatic heterocycles. The van der Waals surface area contributed by atoms with E-state index in [0.29, 0.717) is 0 Å².